The molecule has 2 aromatic rings. The molecule has 1 aliphatic heterocycles. The van der Waals surface area contributed by atoms with Crippen LogP contribution in [-0.2, 0) is 9.31 Å². The number of rotatable bonds is 2. The number of halogens is 1. The van der Waals surface area contributed by atoms with Gasteiger partial charge in [0.15, 0.2) is 0 Å². The lowest BCUT2D eigenvalue weighted by atomic mass is 9.82. The molecule has 0 saturated carbocycles. The molecule has 110 valence electrons. The minimum absolute atomic E-state index is 0.318. The minimum atomic E-state index is -0.490. The average Bonchev–Trinajstić information content (AvgIpc) is 2.94. The summed E-state index contributed by atoms with van der Waals surface area (Å²) in [6, 6.07) is 6.51. The van der Waals surface area contributed by atoms with Crippen LogP contribution in [0.15, 0.2) is 36.7 Å². The zero-order valence-electron chi connectivity index (χ0n) is 12.6. The molecule has 1 aromatic heterocycles. The van der Waals surface area contributed by atoms with Gasteiger partial charge in [-0.3, -0.25) is 0 Å². The Morgan fingerprint density at radius 1 is 1.10 bits per heavy atom. The van der Waals surface area contributed by atoms with E-state index in [0.29, 0.717) is 5.69 Å². The predicted molar refractivity (Wildman–Crippen MR) is 79.2 cm³/mol. The summed E-state index contributed by atoms with van der Waals surface area (Å²) in [5, 5.41) is 4.20. The van der Waals surface area contributed by atoms with Crippen LogP contribution in [0.25, 0.3) is 5.69 Å². The monoisotopic (exact) mass is 288 g/mol. The maximum atomic E-state index is 13.8. The van der Waals surface area contributed by atoms with Crippen molar-refractivity contribution in [2.45, 2.75) is 38.9 Å². The second-order valence-electron chi connectivity index (χ2n) is 6.26. The molecule has 0 atom stereocenters. The molecule has 0 spiro atoms. The zero-order valence-corrected chi connectivity index (χ0v) is 12.6. The third kappa shape index (κ3) is 2.38. The normalized spacial score (nSPS) is 20.0. The van der Waals surface area contributed by atoms with Gasteiger partial charge in [0.05, 0.1) is 11.2 Å². The minimum Gasteiger partial charge on any atom is -0.399 e. The van der Waals surface area contributed by atoms with E-state index in [1.165, 1.54) is 10.7 Å². The Balaban J connectivity index is 1.89. The largest absolute Gasteiger partial charge is 0.498 e. The second-order valence-corrected chi connectivity index (χ2v) is 6.26. The summed E-state index contributed by atoms with van der Waals surface area (Å²) in [5.74, 6) is -0.318. The molecule has 0 amide bonds. The van der Waals surface area contributed by atoms with Crippen LogP contribution in [0.3, 0.4) is 0 Å². The van der Waals surface area contributed by atoms with Crippen molar-refractivity contribution in [2.24, 2.45) is 0 Å². The van der Waals surface area contributed by atoms with E-state index >= 15 is 0 Å². The predicted octanol–water partition coefficient (Wildman–Crippen LogP) is 2.31. The van der Waals surface area contributed by atoms with Crippen LogP contribution in [0.1, 0.15) is 27.7 Å². The summed E-state index contributed by atoms with van der Waals surface area (Å²) in [4.78, 5) is 0. The van der Waals surface area contributed by atoms with Crippen molar-refractivity contribution in [1.82, 2.24) is 9.78 Å². The fraction of sp³-hybridized carbons (Fsp3) is 0.400. The maximum Gasteiger partial charge on any atom is 0.498 e. The third-order valence-electron chi connectivity index (χ3n) is 4.23. The van der Waals surface area contributed by atoms with Crippen molar-refractivity contribution < 1.29 is 13.7 Å². The summed E-state index contributed by atoms with van der Waals surface area (Å²) in [5.41, 5.74) is 0.368. The molecule has 1 fully saturated rings. The molecule has 1 aliphatic rings. The van der Waals surface area contributed by atoms with Crippen molar-refractivity contribution in [3.8, 4) is 5.69 Å². The van der Waals surface area contributed by atoms with Crippen LogP contribution in [0.5, 0.6) is 0 Å². The second kappa shape index (κ2) is 4.68. The van der Waals surface area contributed by atoms with Crippen molar-refractivity contribution in [1.29, 1.82) is 0 Å². The molecule has 1 saturated heterocycles. The molecule has 0 bridgehead atoms. The fourth-order valence-corrected chi connectivity index (χ4v) is 2.21. The Hall–Kier alpha value is -1.66. The van der Waals surface area contributed by atoms with E-state index in [1.807, 2.05) is 27.7 Å². The maximum absolute atomic E-state index is 13.8. The van der Waals surface area contributed by atoms with Crippen LogP contribution < -0.4 is 5.46 Å². The number of hydrogen-bond donors (Lipinski definition) is 0. The SMILES string of the molecule is CC1(C)OB(c2cnn(-c3ccccc3F)c2)OC1(C)C. The summed E-state index contributed by atoms with van der Waals surface area (Å²) in [6.45, 7) is 7.98. The first-order valence-electron chi connectivity index (χ1n) is 6.95. The highest BCUT2D eigenvalue weighted by atomic mass is 19.1. The molecule has 0 aliphatic carbocycles. The molecule has 6 heteroatoms. The Labute approximate surface area is 124 Å². The molecule has 2 heterocycles. The van der Waals surface area contributed by atoms with Crippen LogP contribution >= 0.6 is 0 Å². The lowest BCUT2D eigenvalue weighted by Gasteiger charge is -2.32. The lowest BCUT2D eigenvalue weighted by Crippen LogP contribution is -2.41. The number of nitrogens with zero attached hydrogens (tertiary/aromatic N) is 2. The molecule has 3 rings (SSSR count). The van der Waals surface area contributed by atoms with Gasteiger partial charge in [-0.15, -0.1) is 0 Å². The molecule has 4 nitrogen and oxygen atoms in total. The van der Waals surface area contributed by atoms with E-state index in [1.54, 1.807) is 30.6 Å². The quantitative estimate of drug-likeness (QED) is 0.796. The van der Waals surface area contributed by atoms with Crippen molar-refractivity contribution >= 4 is 12.6 Å². The van der Waals surface area contributed by atoms with Crippen LogP contribution in [0, 0.1) is 5.82 Å². The first-order chi connectivity index (χ1) is 9.80. The van der Waals surface area contributed by atoms with Crippen LogP contribution in [0.2, 0.25) is 0 Å². The van der Waals surface area contributed by atoms with E-state index in [0.717, 1.165) is 5.46 Å². The third-order valence-corrected chi connectivity index (χ3v) is 4.23. The summed E-state index contributed by atoms with van der Waals surface area (Å²) >= 11 is 0. The first kappa shape index (κ1) is 14.3. The topological polar surface area (TPSA) is 36.3 Å². The number of hydrogen-bond acceptors (Lipinski definition) is 3. The number of aromatic nitrogens is 2. The average molecular weight is 288 g/mol. The van der Waals surface area contributed by atoms with Gasteiger partial charge < -0.3 is 9.31 Å². The molecular formula is C15H18BFN2O2. The lowest BCUT2D eigenvalue weighted by molar-refractivity contribution is 0.00578. The summed E-state index contributed by atoms with van der Waals surface area (Å²) < 4.78 is 27.2. The van der Waals surface area contributed by atoms with Gasteiger partial charge in [0, 0.05) is 17.9 Å². The standard InChI is InChI=1S/C15H18BFN2O2/c1-14(2)15(3,4)21-16(20-14)11-9-18-19(10-11)13-8-6-5-7-12(13)17/h5-10H,1-4H3. The summed E-state index contributed by atoms with van der Waals surface area (Å²) in [6.07, 6.45) is 3.38. The van der Waals surface area contributed by atoms with E-state index < -0.39 is 18.3 Å². The number of benzene rings is 1. The molecule has 21 heavy (non-hydrogen) atoms. The van der Waals surface area contributed by atoms with Crippen molar-refractivity contribution in [3.63, 3.8) is 0 Å². The zero-order chi connectivity index (χ0) is 15.3. The Morgan fingerprint density at radius 2 is 1.71 bits per heavy atom. The van der Waals surface area contributed by atoms with Crippen molar-refractivity contribution in [2.75, 3.05) is 0 Å². The fourth-order valence-electron chi connectivity index (χ4n) is 2.21. The van der Waals surface area contributed by atoms with E-state index in [4.69, 9.17) is 9.31 Å². The van der Waals surface area contributed by atoms with Gasteiger partial charge in [-0.25, -0.2) is 9.07 Å². The van der Waals surface area contributed by atoms with E-state index in [9.17, 15) is 4.39 Å². The molecular weight excluding hydrogens is 270 g/mol. The molecule has 0 radical (unpaired) electrons. The van der Waals surface area contributed by atoms with Gasteiger partial charge in [0.25, 0.3) is 0 Å². The Morgan fingerprint density at radius 3 is 2.33 bits per heavy atom. The van der Waals surface area contributed by atoms with Gasteiger partial charge in [0.1, 0.15) is 11.5 Å². The van der Waals surface area contributed by atoms with Gasteiger partial charge >= 0.3 is 7.12 Å². The Kier molecular flexibility index (Phi) is 3.18. The highest BCUT2D eigenvalue weighted by molar-refractivity contribution is 6.62. The highest BCUT2D eigenvalue weighted by Crippen LogP contribution is 2.36. The van der Waals surface area contributed by atoms with Crippen LogP contribution in [0.4, 0.5) is 4.39 Å². The molecule has 1 aromatic carbocycles. The van der Waals surface area contributed by atoms with Gasteiger partial charge in [-0.05, 0) is 39.8 Å². The van der Waals surface area contributed by atoms with Crippen molar-refractivity contribution in [3.05, 3.63) is 42.5 Å². The Bertz CT molecular complexity index is 653. The van der Waals surface area contributed by atoms with Gasteiger partial charge in [-0.2, -0.15) is 5.10 Å². The summed E-state index contributed by atoms with van der Waals surface area (Å²) in [7, 11) is -0.490. The molecule has 0 N–H and O–H groups in total. The van der Waals surface area contributed by atoms with E-state index in [2.05, 4.69) is 5.10 Å². The molecule has 0 unspecified atom stereocenters. The van der Waals surface area contributed by atoms with Gasteiger partial charge in [0.2, 0.25) is 0 Å². The number of para-hydroxylation sites is 1. The highest BCUT2D eigenvalue weighted by Gasteiger charge is 2.52. The smallest absolute Gasteiger partial charge is 0.399 e. The van der Waals surface area contributed by atoms with Crippen LogP contribution in [-0.4, -0.2) is 28.1 Å². The van der Waals surface area contributed by atoms with E-state index in [-0.39, 0.29) is 5.82 Å². The first-order valence-corrected chi connectivity index (χ1v) is 6.95. The van der Waals surface area contributed by atoms with Gasteiger partial charge in [-0.1, -0.05) is 12.1 Å².